The summed E-state index contributed by atoms with van der Waals surface area (Å²) in [5.41, 5.74) is -0.110. The number of likely N-dealkylation sites (tertiary alicyclic amines) is 1. The lowest BCUT2D eigenvalue weighted by molar-refractivity contribution is -0.130. The molecule has 25 heavy (non-hydrogen) atoms. The number of carbonyl (C=O) groups excluding carboxylic acids is 1. The molecule has 1 aliphatic heterocycles. The Kier molecular flexibility index (Phi) is 5.39. The molecule has 1 aromatic heterocycles. The highest BCUT2D eigenvalue weighted by atomic mass is 32.2. The fourth-order valence-electron chi connectivity index (χ4n) is 2.84. The third kappa shape index (κ3) is 3.85. The molecule has 0 spiro atoms. The first kappa shape index (κ1) is 17.9. The molecule has 0 atom stereocenters. The van der Waals surface area contributed by atoms with Crippen molar-refractivity contribution in [2.45, 2.75) is 23.5 Å². The minimum atomic E-state index is -4.00. The predicted octanol–water partition coefficient (Wildman–Crippen LogP) is 3.10. The largest absolute Gasteiger partial charge is 0.341 e. The van der Waals surface area contributed by atoms with Crippen LogP contribution < -0.4 is 4.31 Å². The number of sulfonamides is 1. The SMILES string of the molecule is O=C(CN(c1ccccc1F)S(=O)(=O)c1cccs1)N1CCCCC1. The Morgan fingerprint density at radius 3 is 2.48 bits per heavy atom. The molecule has 0 unspecified atom stereocenters. The molecule has 0 aliphatic carbocycles. The fourth-order valence-corrected chi connectivity index (χ4v) is 5.37. The number of anilines is 1. The zero-order chi connectivity index (χ0) is 17.9. The van der Waals surface area contributed by atoms with E-state index in [1.54, 1.807) is 22.4 Å². The second-order valence-electron chi connectivity index (χ2n) is 5.84. The van der Waals surface area contributed by atoms with Gasteiger partial charge in [-0.2, -0.15) is 0 Å². The van der Waals surface area contributed by atoms with E-state index in [-0.39, 0.29) is 15.8 Å². The number of piperidine rings is 1. The molecule has 1 amide bonds. The number of benzene rings is 1. The number of halogens is 1. The Morgan fingerprint density at radius 2 is 1.84 bits per heavy atom. The average Bonchev–Trinajstić information content (AvgIpc) is 3.16. The highest BCUT2D eigenvalue weighted by Gasteiger charge is 2.31. The summed E-state index contributed by atoms with van der Waals surface area (Å²) in [5, 5.41) is 1.64. The third-order valence-corrected chi connectivity index (χ3v) is 7.28. The fraction of sp³-hybridized carbons (Fsp3) is 0.353. The van der Waals surface area contributed by atoms with E-state index in [0.29, 0.717) is 13.1 Å². The lowest BCUT2D eigenvalue weighted by atomic mass is 10.1. The van der Waals surface area contributed by atoms with Gasteiger partial charge in [0.2, 0.25) is 5.91 Å². The van der Waals surface area contributed by atoms with E-state index in [9.17, 15) is 17.6 Å². The number of nitrogens with zero attached hydrogens (tertiary/aromatic N) is 2. The molecule has 1 aromatic carbocycles. The van der Waals surface area contributed by atoms with E-state index in [0.717, 1.165) is 34.9 Å². The van der Waals surface area contributed by atoms with Crippen LogP contribution in [-0.2, 0) is 14.8 Å². The van der Waals surface area contributed by atoms with Crippen LogP contribution in [0.2, 0.25) is 0 Å². The van der Waals surface area contributed by atoms with Crippen molar-refractivity contribution in [3.05, 3.63) is 47.6 Å². The van der Waals surface area contributed by atoms with E-state index < -0.39 is 22.4 Å². The molecular formula is C17H19FN2O3S2. The van der Waals surface area contributed by atoms with Crippen molar-refractivity contribution >= 4 is 33.0 Å². The molecule has 1 fully saturated rings. The zero-order valence-electron chi connectivity index (χ0n) is 13.6. The number of thiophene rings is 1. The highest BCUT2D eigenvalue weighted by Crippen LogP contribution is 2.28. The average molecular weight is 382 g/mol. The number of hydrogen-bond donors (Lipinski definition) is 0. The molecule has 134 valence electrons. The molecule has 2 heterocycles. The Hall–Kier alpha value is -1.93. The molecule has 0 saturated carbocycles. The lowest BCUT2D eigenvalue weighted by Crippen LogP contribution is -2.45. The summed E-state index contributed by atoms with van der Waals surface area (Å²) in [6, 6.07) is 8.69. The topological polar surface area (TPSA) is 57.7 Å². The van der Waals surface area contributed by atoms with Crippen LogP contribution in [0.4, 0.5) is 10.1 Å². The van der Waals surface area contributed by atoms with Crippen molar-refractivity contribution in [3.63, 3.8) is 0 Å². The summed E-state index contributed by atoms with van der Waals surface area (Å²) in [5.74, 6) is -0.975. The van der Waals surface area contributed by atoms with Gasteiger partial charge in [0.05, 0.1) is 5.69 Å². The Bertz CT molecular complexity index is 831. The van der Waals surface area contributed by atoms with E-state index in [2.05, 4.69) is 0 Å². The van der Waals surface area contributed by atoms with Gasteiger partial charge in [0.1, 0.15) is 16.6 Å². The lowest BCUT2D eigenvalue weighted by Gasteiger charge is -2.30. The van der Waals surface area contributed by atoms with Crippen molar-refractivity contribution in [1.29, 1.82) is 0 Å². The molecule has 8 heteroatoms. The number of carbonyl (C=O) groups is 1. The number of rotatable bonds is 5. The van der Waals surface area contributed by atoms with Crippen LogP contribution >= 0.6 is 11.3 Å². The van der Waals surface area contributed by atoms with Gasteiger partial charge in [0.15, 0.2) is 0 Å². The van der Waals surface area contributed by atoms with Gasteiger partial charge in [-0.3, -0.25) is 9.10 Å². The third-order valence-electron chi connectivity index (χ3n) is 4.15. The number of amides is 1. The molecule has 1 aliphatic rings. The molecule has 0 N–H and O–H groups in total. The Morgan fingerprint density at radius 1 is 1.12 bits per heavy atom. The van der Waals surface area contributed by atoms with Crippen LogP contribution in [0, 0.1) is 5.82 Å². The summed E-state index contributed by atoms with van der Waals surface area (Å²) in [6.45, 7) is 0.827. The minimum absolute atomic E-state index is 0.0854. The summed E-state index contributed by atoms with van der Waals surface area (Å²) in [7, 11) is -4.00. The molecule has 2 aromatic rings. The first-order valence-corrected chi connectivity index (χ1v) is 10.4. The number of hydrogen-bond acceptors (Lipinski definition) is 4. The Labute approximate surface area is 150 Å². The van der Waals surface area contributed by atoms with Crippen molar-refractivity contribution in [2.75, 3.05) is 23.9 Å². The standard InChI is InChI=1S/C17H19FN2O3S2/c18-14-7-2-3-8-15(14)20(25(22,23)17-9-6-12-24-17)13-16(21)19-10-4-1-5-11-19/h2-3,6-9,12H,1,4-5,10-11,13H2. The smallest absolute Gasteiger partial charge is 0.274 e. The van der Waals surface area contributed by atoms with Crippen LogP contribution in [-0.4, -0.2) is 38.9 Å². The molecule has 0 bridgehead atoms. The second kappa shape index (κ2) is 7.53. The van der Waals surface area contributed by atoms with Crippen LogP contribution in [0.3, 0.4) is 0 Å². The first-order chi connectivity index (χ1) is 12.0. The van der Waals surface area contributed by atoms with E-state index >= 15 is 0 Å². The van der Waals surface area contributed by atoms with Gasteiger partial charge in [-0.15, -0.1) is 11.3 Å². The minimum Gasteiger partial charge on any atom is -0.341 e. The summed E-state index contributed by atoms with van der Waals surface area (Å²) in [6.07, 6.45) is 2.88. The van der Waals surface area contributed by atoms with Gasteiger partial charge in [-0.25, -0.2) is 12.8 Å². The van der Waals surface area contributed by atoms with Crippen LogP contribution in [0.1, 0.15) is 19.3 Å². The van der Waals surface area contributed by atoms with Crippen molar-refractivity contribution in [3.8, 4) is 0 Å². The van der Waals surface area contributed by atoms with Gasteiger partial charge in [-0.1, -0.05) is 18.2 Å². The van der Waals surface area contributed by atoms with E-state index in [4.69, 9.17) is 0 Å². The molecule has 5 nitrogen and oxygen atoms in total. The van der Waals surface area contributed by atoms with Gasteiger partial charge in [0, 0.05) is 13.1 Å². The van der Waals surface area contributed by atoms with Crippen LogP contribution in [0.5, 0.6) is 0 Å². The maximum Gasteiger partial charge on any atom is 0.274 e. The van der Waals surface area contributed by atoms with Crippen molar-refractivity contribution < 1.29 is 17.6 Å². The normalized spacial score (nSPS) is 15.2. The number of para-hydroxylation sites is 1. The van der Waals surface area contributed by atoms with Gasteiger partial charge in [0.25, 0.3) is 10.0 Å². The quantitative estimate of drug-likeness (QED) is 0.798. The van der Waals surface area contributed by atoms with E-state index in [1.807, 2.05) is 0 Å². The maximum absolute atomic E-state index is 14.3. The van der Waals surface area contributed by atoms with Gasteiger partial charge >= 0.3 is 0 Å². The first-order valence-electron chi connectivity index (χ1n) is 8.09. The summed E-state index contributed by atoms with van der Waals surface area (Å²) >= 11 is 1.04. The predicted molar refractivity (Wildman–Crippen MR) is 95.7 cm³/mol. The van der Waals surface area contributed by atoms with Crippen molar-refractivity contribution in [2.24, 2.45) is 0 Å². The highest BCUT2D eigenvalue weighted by molar-refractivity contribution is 7.94. The van der Waals surface area contributed by atoms with Crippen molar-refractivity contribution in [1.82, 2.24) is 4.90 Å². The maximum atomic E-state index is 14.3. The zero-order valence-corrected chi connectivity index (χ0v) is 15.2. The van der Waals surface area contributed by atoms with Crippen LogP contribution in [0.25, 0.3) is 0 Å². The molecular weight excluding hydrogens is 363 g/mol. The Balaban J connectivity index is 1.95. The van der Waals surface area contributed by atoms with E-state index in [1.165, 1.54) is 24.3 Å². The summed E-state index contributed by atoms with van der Waals surface area (Å²) < 4.78 is 41.2. The molecule has 0 radical (unpaired) electrons. The molecule has 1 saturated heterocycles. The second-order valence-corrected chi connectivity index (χ2v) is 8.87. The van der Waals surface area contributed by atoms with Crippen LogP contribution in [0.15, 0.2) is 46.0 Å². The summed E-state index contributed by atoms with van der Waals surface area (Å²) in [4.78, 5) is 14.3. The van der Waals surface area contributed by atoms with Gasteiger partial charge in [-0.05, 0) is 42.8 Å². The molecule has 3 rings (SSSR count). The monoisotopic (exact) mass is 382 g/mol. The van der Waals surface area contributed by atoms with Gasteiger partial charge < -0.3 is 4.90 Å².